The molecule has 2 heteroatoms. The highest BCUT2D eigenvalue weighted by Crippen LogP contribution is 2.62. The number of fused-ring (bicyclic) bond motifs is 15. The quantitative estimate of drug-likeness (QED) is 0.180. The van der Waals surface area contributed by atoms with E-state index in [0.29, 0.717) is 0 Å². The average molecular weight is 726 g/mol. The Morgan fingerprint density at radius 3 is 1.49 bits per heavy atom. The summed E-state index contributed by atoms with van der Waals surface area (Å²) in [6, 6.07) is 77.7. The maximum Gasteiger partial charge on any atom is 0.137 e. The van der Waals surface area contributed by atoms with Gasteiger partial charge in [0.1, 0.15) is 11.2 Å². The number of anilines is 3. The maximum absolute atomic E-state index is 6.49. The summed E-state index contributed by atoms with van der Waals surface area (Å²) in [6.07, 6.45) is 0. The first-order chi connectivity index (χ1) is 28.3. The molecule has 2 aliphatic carbocycles. The molecule has 0 amide bonds. The van der Waals surface area contributed by atoms with Gasteiger partial charge in [-0.25, -0.2) is 0 Å². The first-order valence-electron chi connectivity index (χ1n) is 19.7. The lowest BCUT2D eigenvalue weighted by Crippen LogP contribution is -2.29. The van der Waals surface area contributed by atoms with Gasteiger partial charge in [0.05, 0.1) is 16.5 Å². The van der Waals surface area contributed by atoms with E-state index in [0.717, 1.165) is 39.0 Å². The normalized spacial score (nSPS) is 13.1. The van der Waals surface area contributed by atoms with Crippen molar-refractivity contribution in [3.05, 3.63) is 235 Å². The second kappa shape index (κ2) is 12.3. The van der Waals surface area contributed by atoms with Crippen LogP contribution in [0.15, 0.2) is 217 Å². The van der Waals surface area contributed by atoms with Crippen LogP contribution in [0.25, 0.3) is 66.4 Å². The van der Waals surface area contributed by atoms with E-state index < -0.39 is 5.41 Å². The van der Waals surface area contributed by atoms with Crippen LogP contribution in [0.2, 0.25) is 0 Å². The molecule has 0 aliphatic heterocycles. The largest absolute Gasteiger partial charge is 0.456 e. The molecule has 1 aromatic heterocycles. The lowest BCUT2D eigenvalue weighted by Gasteiger charge is -2.36. The van der Waals surface area contributed by atoms with Gasteiger partial charge in [0, 0.05) is 16.8 Å². The highest BCUT2D eigenvalue weighted by atomic mass is 16.3. The third-order valence-corrected chi connectivity index (χ3v) is 12.3. The summed E-state index contributed by atoms with van der Waals surface area (Å²) in [7, 11) is 0. The Balaban J connectivity index is 1.17. The molecule has 57 heavy (non-hydrogen) atoms. The maximum atomic E-state index is 6.49. The van der Waals surface area contributed by atoms with Crippen molar-refractivity contribution < 1.29 is 4.42 Å². The molecule has 0 N–H and O–H groups in total. The Bertz CT molecular complexity index is 3120. The van der Waals surface area contributed by atoms with E-state index in [1.165, 1.54) is 66.8 Å². The minimum atomic E-state index is -0.578. The number of para-hydroxylation sites is 1. The SMILES string of the molecule is c1ccc(-c2ccc(N(c3ccc4c(c3)C3(c5ccccc5-c5ccccc5-c5ccccc53)c3ccccc3-4)c3cccc4oc5ccccc5c34)cc2)cc1. The van der Waals surface area contributed by atoms with Crippen molar-refractivity contribution >= 4 is 39.0 Å². The van der Waals surface area contributed by atoms with Crippen molar-refractivity contribution in [2.75, 3.05) is 4.90 Å². The molecule has 0 unspecified atom stereocenters. The van der Waals surface area contributed by atoms with E-state index in [4.69, 9.17) is 4.42 Å². The second-order valence-corrected chi connectivity index (χ2v) is 15.2. The number of furan rings is 1. The van der Waals surface area contributed by atoms with Crippen LogP contribution in [0.1, 0.15) is 22.3 Å². The minimum Gasteiger partial charge on any atom is -0.456 e. The van der Waals surface area contributed by atoms with Crippen molar-refractivity contribution in [1.82, 2.24) is 0 Å². The number of benzene rings is 9. The average Bonchev–Trinajstić information content (AvgIpc) is 3.78. The Labute approximate surface area is 331 Å². The van der Waals surface area contributed by atoms with Gasteiger partial charge in [-0.05, 0) is 109 Å². The van der Waals surface area contributed by atoms with Crippen molar-refractivity contribution in [2.24, 2.45) is 0 Å². The predicted octanol–water partition coefficient (Wildman–Crippen LogP) is 14.7. The summed E-state index contributed by atoms with van der Waals surface area (Å²) < 4.78 is 6.49. The van der Waals surface area contributed by atoms with Crippen molar-refractivity contribution in [1.29, 1.82) is 0 Å². The van der Waals surface area contributed by atoms with Crippen LogP contribution in [0.3, 0.4) is 0 Å². The Morgan fingerprint density at radius 1 is 0.333 bits per heavy atom. The molecule has 0 radical (unpaired) electrons. The summed E-state index contributed by atoms with van der Waals surface area (Å²) >= 11 is 0. The Morgan fingerprint density at radius 2 is 0.825 bits per heavy atom. The molecule has 9 aromatic carbocycles. The van der Waals surface area contributed by atoms with Gasteiger partial charge in [-0.15, -0.1) is 0 Å². The molecule has 0 saturated heterocycles. The highest BCUT2D eigenvalue weighted by molar-refractivity contribution is 6.13. The number of rotatable bonds is 4. The summed E-state index contributed by atoms with van der Waals surface area (Å²) in [6.45, 7) is 0. The fourth-order valence-corrected chi connectivity index (χ4v) is 9.98. The highest BCUT2D eigenvalue weighted by Gasteiger charge is 2.49. The van der Waals surface area contributed by atoms with Gasteiger partial charge < -0.3 is 9.32 Å². The van der Waals surface area contributed by atoms with Crippen LogP contribution in [-0.4, -0.2) is 0 Å². The smallest absolute Gasteiger partial charge is 0.137 e. The summed E-state index contributed by atoms with van der Waals surface area (Å²) in [4.78, 5) is 2.43. The standard InChI is InChI=1S/C55H35NO/c1-2-15-36(16-3-1)37-29-31-38(32-30-37)56(51-26-14-28-53-54(51)46-22-9-13-27-52(46)57-53)39-33-34-45-44-21-8-12-25-49(44)55(50(45)35-39)47-23-10-6-19-42(47)40-17-4-5-18-41(40)43-20-7-11-24-48(43)55/h1-35H. The molecule has 0 atom stereocenters. The number of nitrogens with zero attached hydrogens (tertiary/aromatic N) is 1. The Kier molecular flexibility index (Phi) is 6.88. The van der Waals surface area contributed by atoms with Crippen LogP contribution in [0.5, 0.6) is 0 Å². The molecule has 0 bridgehead atoms. The fraction of sp³-hybridized carbons (Fsp3) is 0.0182. The van der Waals surface area contributed by atoms with Crippen LogP contribution in [-0.2, 0) is 5.41 Å². The Hall–Kier alpha value is -7.42. The van der Waals surface area contributed by atoms with Gasteiger partial charge in [0.15, 0.2) is 0 Å². The van der Waals surface area contributed by atoms with Gasteiger partial charge in [-0.3, -0.25) is 0 Å². The lowest BCUT2D eigenvalue weighted by atomic mass is 9.66. The summed E-state index contributed by atoms with van der Waals surface area (Å²) in [5.41, 5.74) is 19.6. The third-order valence-electron chi connectivity index (χ3n) is 12.3. The van der Waals surface area contributed by atoms with E-state index in [2.05, 4.69) is 211 Å². The first kappa shape index (κ1) is 31.9. The van der Waals surface area contributed by atoms with E-state index in [-0.39, 0.29) is 0 Å². The van der Waals surface area contributed by atoms with Crippen LogP contribution >= 0.6 is 0 Å². The molecule has 0 fully saturated rings. The molecule has 2 nitrogen and oxygen atoms in total. The van der Waals surface area contributed by atoms with Gasteiger partial charge in [0.2, 0.25) is 0 Å². The third kappa shape index (κ3) is 4.53. The molecule has 0 saturated carbocycles. The number of hydrogen-bond donors (Lipinski definition) is 0. The lowest BCUT2D eigenvalue weighted by molar-refractivity contribution is 0.669. The monoisotopic (exact) mass is 725 g/mol. The van der Waals surface area contributed by atoms with Crippen LogP contribution < -0.4 is 4.90 Å². The molecule has 1 heterocycles. The van der Waals surface area contributed by atoms with Gasteiger partial charge in [-0.2, -0.15) is 0 Å². The van der Waals surface area contributed by atoms with Crippen molar-refractivity contribution in [2.45, 2.75) is 5.41 Å². The van der Waals surface area contributed by atoms with Crippen LogP contribution in [0, 0.1) is 0 Å². The van der Waals surface area contributed by atoms with Crippen LogP contribution in [0.4, 0.5) is 17.1 Å². The zero-order chi connectivity index (χ0) is 37.5. The summed E-state index contributed by atoms with van der Waals surface area (Å²) in [5, 5.41) is 2.20. The fourth-order valence-electron chi connectivity index (χ4n) is 9.98. The molecule has 266 valence electrons. The molecule has 10 aromatic rings. The van der Waals surface area contributed by atoms with Crippen molar-refractivity contribution in [3.8, 4) is 44.5 Å². The zero-order valence-corrected chi connectivity index (χ0v) is 31.1. The zero-order valence-electron chi connectivity index (χ0n) is 31.1. The molecule has 1 spiro atoms. The molecular formula is C55H35NO. The van der Waals surface area contributed by atoms with Gasteiger partial charge in [-0.1, -0.05) is 170 Å². The van der Waals surface area contributed by atoms with E-state index in [9.17, 15) is 0 Å². The second-order valence-electron chi connectivity index (χ2n) is 15.2. The van der Waals surface area contributed by atoms with E-state index in [1.54, 1.807) is 0 Å². The van der Waals surface area contributed by atoms with Gasteiger partial charge >= 0.3 is 0 Å². The number of hydrogen-bond acceptors (Lipinski definition) is 2. The molecular weight excluding hydrogens is 691 g/mol. The van der Waals surface area contributed by atoms with Crippen molar-refractivity contribution in [3.63, 3.8) is 0 Å². The minimum absolute atomic E-state index is 0.578. The predicted molar refractivity (Wildman–Crippen MR) is 236 cm³/mol. The molecule has 2 aliphatic rings. The molecule has 12 rings (SSSR count). The van der Waals surface area contributed by atoms with Gasteiger partial charge in [0.25, 0.3) is 0 Å². The summed E-state index contributed by atoms with van der Waals surface area (Å²) in [5.74, 6) is 0. The topological polar surface area (TPSA) is 16.4 Å². The van der Waals surface area contributed by atoms with E-state index in [1.807, 2.05) is 6.07 Å². The van der Waals surface area contributed by atoms with E-state index >= 15 is 0 Å². The first-order valence-corrected chi connectivity index (χ1v) is 19.7.